The molecule has 0 aliphatic rings. The van der Waals surface area contributed by atoms with Crippen molar-refractivity contribution in [2.45, 2.75) is 52.6 Å². The molecule has 0 aliphatic heterocycles. The Hall–Kier alpha value is -1.07. The van der Waals surface area contributed by atoms with Gasteiger partial charge < -0.3 is 4.18 Å². The average molecular weight is 286 g/mol. The van der Waals surface area contributed by atoms with Crippen molar-refractivity contribution in [1.82, 2.24) is 0 Å². The predicted octanol–water partition coefficient (Wildman–Crippen LogP) is 3.42. The number of benzene rings is 1. The van der Waals surface area contributed by atoms with Crippen molar-refractivity contribution in [3.05, 3.63) is 29.8 Å². The first-order valence-corrected chi connectivity index (χ1v) is 7.48. The van der Waals surface area contributed by atoms with E-state index in [1.165, 1.54) is 0 Å². The van der Waals surface area contributed by atoms with Crippen molar-refractivity contribution in [3.8, 4) is 5.75 Å². The topological polar surface area (TPSA) is 52.6 Å². The van der Waals surface area contributed by atoms with Gasteiger partial charge >= 0.3 is 10.4 Å². The molecule has 0 heterocycles. The molecule has 0 aromatic heterocycles. The van der Waals surface area contributed by atoms with Gasteiger partial charge in [-0.1, -0.05) is 32.9 Å². The van der Waals surface area contributed by atoms with Crippen molar-refractivity contribution in [3.63, 3.8) is 0 Å². The molecule has 0 N–H and O–H groups in total. The highest BCUT2D eigenvalue weighted by Gasteiger charge is 2.24. The second-order valence-electron chi connectivity index (χ2n) is 6.46. The minimum absolute atomic E-state index is 0.0132. The van der Waals surface area contributed by atoms with Crippen LogP contribution in [0.5, 0.6) is 5.75 Å². The van der Waals surface area contributed by atoms with E-state index >= 15 is 0 Å². The van der Waals surface area contributed by atoms with Gasteiger partial charge in [-0.25, -0.2) is 4.18 Å². The lowest BCUT2D eigenvalue weighted by Crippen LogP contribution is -2.27. The van der Waals surface area contributed by atoms with E-state index in [0.717, 1.165) is 5.56 Å². The third-order valence-electron chi connectivity index (χ3n) is 2.27. The minimum Gasteiger partial charge on any atom is -0.362 e. The highest BCUT2D eigenvalue weighted by molar-refractivity contribution is 7.82. The van der Waals surface area contributed by atoms with Crippen LogP contribution in [0.4, 0.5) is 0 Å². The van der Waals surface area contributed by atoms with Gasteiger partial charge in [0.25, 0.3) is 0 Å². The summed E-state index contributed by atoms with van der Waals surface area (Å²) in [6.45, 7) is 11.2. The lowest BCUT2D eigenvalue weighted by molar-refractivity contribution is 0.121. The van der Waals surface area contributed by atoms with Crippen LogP contribution in [0.3, 0.4) is 0 Å². The Kier molecular flexibility index (Phi) is 4.32. The molecule has 0 fully saturated rings. The summed E-state index contributed by atoms with van der Waals surface area (Å²) >= 11 is 0. The van der Waals surface area contributed by atoms with Gasteiger partial charge in [0.2, 0.25) is 0 Å². The molecule has 5 heteroatoms. The normalized spacial score (nSPS) is 13.4. The molecule has 0 unspecified atom stereocenters. The van der Waals surface area contributed by atoms with Crippen molar-refractivity contribution in [2.75, 3.05) is 0 Å². The van der Waals surface area contributed by atoms with Gasteiger partial charge in [0.05, 0.1) is 5.60 Å². The van der Waals surface area contributed by atoms with E-state index in [4.69, 9.17) is 8.37 Å². The molecule has 19 heavy (non-hydrogen) atoms. The maximum Gasteiger partial charge on any atom is 0.449 e. The summed E-state index contributed by atoms with van der Waals surface area (Å²) in [5.74, 6) is 0.247. The van der Waals surface area contributed by atoms with Crippen molar-refractivity contribution >= 4 is 10.4 Å². The molecule has 0 saturated carbocycles. The second kappa shape index (κ2) is 5.13. The molecular formula is C14H22O4S. The molecule has 0 amide bonds. The zero-order chi connectivity index (χ0) is 14.9. The highest BCUT2D eigenvalue weighted by Crippen LogP contribution is 2.25. The van der Waals surface area contributed by atoms with E-state index in [-0.39, 0.29) is 11.2 Å². The maximum absolute atomic E-state index is 11.7. The van der Waals surface area contributed by atoms with E-state index in [1.807, 2.05) is 12.1 Å². The van der Waals surface area contributed by atoms with Crippen molar-refractivity contribution < 1.29 is 16.8 Å². The minimum atomic E-state index is -4.04. The van der Waals surface area contributed by atoms with Crippen LogP contribution in [0.15, 0.2) is 24.3 Å². The van der Waals surface area contributed by atoms with E-state index < -0.39 is 16.0 Å². The summed E-state index contributed by atoms with van der Waals surface area (Å²) in [6.07, 6.45) is 0. The third-order valence-corrected chi connectivity index (χ3v) is 3.37. The molecule has 1 aromatic rings. The van der Waals surface area contributed by atoms with Crippen LogP contribution in [0, 0.1) is 0 Å². The SMILES string of the molecule is CC(C)(C)OS(=O)(=O)Oc1ccc(C(C)(C)C)cc1. The van der Waals surface area contributed by atoms with Crippen molar-refractivity contribution in [2.24, 2.45) is 0 Å². The van der Waals surface area contributed by atoms with E-state index in [2.05, 4.69) is 20.8 Å². The quantitative estimate of drug-likeness (QED) is 0.854. The van der Waals surface area contributed by atoms with E-state index in [1.54, 1.807) is 32.9 Å². The van der Waals surface area contributed by atoms with Crippen molar-refractivity contribution in [1.29, 1.82) is 0 Å². The van der Waals surface area contributed by atoms with Gasteiger partial charge in [-0.3, -0.25) is 0 Å². The lowest BCUT2D eigenvalue weighted by atomic mass is 9.87. The van der Waals surface area contributed by atoms with Crippen LogP contribution in [0.1, 0.15) is 47.1 Å². The molecule has 0 bridgehead atoms. The average Bonchev–Trinajstić information content (AvgIpc) is 2.11. The molecule has 0 saturated heterocycles. The fourth-order valence-corrected chi connectivity index (χ4v) is 2.44. The van der Waals surface area contributed by atoms with Gasteiger partial charge in [-0.2, -0.15) is 8.42 Å². The lowest BCUT2D eigenvalue weighted by Gasteiger charge is -2.20. The number of hydrogen-bond acceptors (Lipinski definition) is 4. The van der Waals surface area contributed by atoms with Crippen LogP contribution in [-0.4, -0.2) is 14.0 Å². The van der Waals surface area contributed by atoms with E-state index in [9.17, 15) is 8.42 Å². The zero-order valence-electron chi connectivity index (χ0n) is 12.4. The zero-order valence-corrected chi connectivity index (χ0v) is 13.2. The Bertz CT molecular complexity index is 516. The smallest absolute Gasteiger partial charge is 0.362 e. The van der Waals surface area contributed by atoms with Gasteiger partial charge in [-0.05, 0) is 43.9 Å². The Labute approximate surface area is 116 Å². The predicted molar refractivity (Wildman–Crippen MR) is 75.5 cm³/mol. The first-order valence-electron chi connectivity index (χ1n) is 6.15. The summed E-state index contributed by atoms with van der Waals surface area (Å²) < 4.78 is 33.1. The summed E-state index contributed by atoms with van der Waals surface area (Å²) in [7, 11) is -4.04. The summed E-state index contributed by atoms with van der Waals surface area (Å²) in [4.78, 5) is 0. The standard InChI is InChI=1S/C14H22O4S/c1-13(2,3)11-7-9-12(10-8-11)17-19(15,16)18-14(4,5)6/h7-10H,1-6H3. The Morgan fingerprint density at radius 2 is 1.37 bits per heavy atom. The molecule has 4 nitrogen and oxygen atoms in total. The number of rotatable bonds is 3. The number of hydrogen-bond donors (Lipinski definition) is 0. The fraction of sp³-hybridized carbons (Fsp3) is 0.571. The van der Waals surface area contributed by atoms with Crippen LogP contribution in [0.2, 0.25) is 0 Å². The molecule has 0 spiro atoms. The molecule has 1 aromatic carbocycles. The molecule has 0 radical (unpaired) electrons. The Balaban J connectivity index is 2.84. The van der Waals surface area contributed by atoms with Crippen LogP contribution in [-0.2, 0) is 20.0 Å². The Morgan fingerprint density at radius 3 is 1.74 bits per heavy atom. The molecule has 0 aliphatic carbocycles. The first kappa shape index (κ1) is 16.0. The van der Waals surface area contributed by atoms with Gasteiger partial charge in [-0.15, -0.1) is 0 Å². The van der Waals surface area contributed by atoms with Gasteiger partial charge in [0.1, 0.15) is 5.75 Å². The monoisotopic (exact) mass is 286 g/mol. The molecule has 0 atom stereocenters. The van der Waals surface area contributed by atoms with Gasteiger partial charge in [0, 0.05) is 0 Å². The first-order chi connectivity index (χ1) is 8.39. The fourth-order valence-electron chi connectivity index (χ4n) is 1.45. The largest absolute Gasteiger partial charge is 0.449 e. The van der Waals surface area contributed by atoms with Crippen LogP contribution in [0.25, 0.3) is 0 Å². The molecule has 1 rings (SSSR count). The van der Waals surface area contributed by atoms with Crippen LogP contribution >= 0.6 is 0 Å². The highest BCUT2D eigenvalue weighted by atomic mass is 32.3. The van der Waals surface area contributed by atoms with E-state index in [0.29, 0.717) is 0 Å². The van der Waals surface area contributed by atoms with Crippen LogP contribution < -0.4 is 4.18 Å². The second-order valence-corrected chi connectivity index (χ2v) is 7.61. The Morgan fingerprint density at radius 1 is 0.895 bits per heavy atom. The third kappa shape index (κ3) is 5.61. The summed E-state index contributed by atoms with van der Waals surface area (Å²) in [5, 5.41) is 0. The van der Waals surface area contributed by atoms with Gasteiger partial charge in [0.15, 0.2) is 0 Å². The summed E-state index contributed by atoms with van der Waals surface area (Å²) in [6, 6.07) is 6.96. The summed E-state index contributed by atoms with van der Waals surface area (Å²) in [5.41, 5.74) is 0.303. The maximum atomic E-state index is 11.7. The molecular weight excluding hydrogens is 264 g/mol. The molecule has 108 valence electrons.